The largest absolute Gasteiger partial charge is 0.383 e. The van der Waals surface area contributed by atoms with E-state index in [1.807, 2.05) is 42.5 Å². The number of carbonyl (C=O) groups is 2. The van der Waals surface area contributed by atoms with Crippen molar-refractivity contribution in [2.75, 3.05) is 30.5 Å². The second kappa shape index (κ2) is 9.90. The first-order valence-electron chi connectivity index (χ1n) is 10.5. The van der Waals surface area contributed by atoms with Crippen molar-refractivity contribution in [3.8, 4) is 6.07 Å². The fourth-order valence-corrected chi connectivity index (χ4v) is 4.75. The molecule has 6 nitrogen and oxygen atoms in total. The molecule has 3 aromatic rings. The molecule has 1 N–H and O–H groups in total. The summed E-state index contributed by atoms with van der Waals surface area (Å²) in [6, 6.07) is 22.3. The van der Waals surface area contributed by atoms with Crippen LogP contribution in [0.4, 0.5) is 11.4 Å². The summed E-state index contributed by atoms with van der Waals surface area (Å²) in [5, 5.41) is 12.1. The third-order valence-corrected chi connectivity index (χ3v) is 6.58. The highest BCUT2D eigenvalue weighted by molar-refractivity contribution is 7.99. The molecule has 0 bridgehead atoms. The van der Waals surface area contributed by atoms with E-state index in [-0.39, 0.29) is 17.7 Å². The van der Waals surface area contributed by atoms with E-state index in [1.54, 1.807) is 43.2 Å². The van der Waals surface area contributed by atoms with Gasteiger partial charge in [0.15, 0.2) is 0 Å². The molecule has 0 fully saturated rings. The maximum Gasteiger partial charge on any atom is 0.259 e. The van der Waals surface area contributed by atoms with Crippen molar-refractivity contribution < 1.29 is 14.3 Å². The lowest BCUT2D eigenvalue weighted by atomic mass is 10.0. The van der Waals surface area contributed by atoms with Gasteiger partial charge in [-0.15, -0.1) is 0 Å². The SMILES string of the molecule is COCCN1C(=O)c2ccccc2Sc2cc(NC(=O)c3cccc(C(C)C#N)c3)ccc21. The molecular weight excluding hydrogens is 434 g/mol. The van der Waals surface area contributed by atoms with E-state index >= 15 is 0 Å². The van der Waals surface area contributed by atoms with Crippen LogP contribution in [0.25, 0.3) is 0 Å². The fraction of sp³-hybridized carbons (Fsp3) is 0.192. The van der Waals surface area contributed by atoms with E-state index in [0.717, 1.165) is 21.0 Å². The Morgan fingerprint density at radius 1 is 1.12 bits per heavy atom. The molecule has 7 heteroatoms. The number of benzene rings is 3. The van der Waals surface area contributed by atoms with E-state index in [1.165, 1.54) is 11.8 Å². The predicted molar refractivity (Wildman–Crippen MR) is 129 cm³/mol. The first-order valence-corrected chi connectivity index (χ1v) is 11.4. The third-order valence-electron chi connectivity index (χ3n) is 5.45. The Hall–Kier alpha value is -3.60. The van der Waals surface area contributed by atoms with E-state index in [0.29, 0.717) is 30.0 Å². The van der Waals surface area contributed by atoms with Gasteiger partial charge in [-0.25, -0.2) is 0 Å². The summed E-state index contributed by atoms with van der Waals surface area (Å²) >= 11 is 1.50. The number of ether oxygens (including phenoxy) is 1. The van der Waals surface area contributed by atoms with Gasteiger partial charge in [0.2, 0.25) is 0 Å². The number of hydrogen-bond acceptors (Lipinski definition) is 5. The topological polar surface area (TPSA) is 82.4 Å². The van der Waals surface area contributed by atoms with Crippen LogP contribution in [0.1, 0.15) is 39.1 Å². The standard InChI is InChI=1S/C26H23N3O3S/c1-17(16-27)18-6-5-7-19(14-18)25(30)28-20-10-11-22-24(15-20)33-23-9-4-3-8-21(23)26(31)29(22)12-13-32-2/h3-11,14-15,17H,12-13H2,1-2H3,(H,28,30). The van der Waals surface area contributed by atoms with Crippen molar-refractivity contribution in [2.24, 2.45) is 0 Å². The van der Waals surface area contributed by atoms with Crippen molar-refractivity contribution in [1.29, 1.82) is 5.26 Å². The molecule has 0 spiro atoms. The zero-order chi connectivity index (χ0) is 23.4. The number of anilines is 2. The number of methoxy groups -OCH3 is 1. The summed E-state index contributed by atoms with van der Waals surface area (Å²) < 4.78 is 5.22. The van der Waals surface area contributed by atoms with Crippen LogP contribution in [-0.2, 0) is 4.74 Å². The van der Waals surface area contributed by atoms with Gasteiger partial charge in [-0.3, -0.25) is 9.59 Å². The van der Waals surface area contributed by atoms with Gasteiger partial charge in [-0.1, -0.05) is 36.0 Å². The average Bonchev–Trinajstić information content (AvgIpc) is 2.96. The van der Waals surface area contributed by atoms with Crippen molar-refractivity contribution in [1.82, 2.24) is 0 Å². The maximum absolute atomic E-state index is 13.2. The molecule has 1 aliphatic heterocycles. The number of nitrogens with one attached hydrogen (secondary N) is 1. The highest BCUT2D eigenvalue weighted by Gasteiger charge is 2.27. The van der Waals surface area contributed by atoms with Crippen LogP contribution in [0.15, 0.2) is 76.5 Å². The Bertz CT molecular complexity index is 1250. The molecule has 1 aliphatic rings. The van der Waals surface area contributed by atoms with Gasteiger partial charge in [0.1, 0.15) is 0 Å². The third kappa shape index (κ3) is 4.77. The van der Waals surface area contributed by atoms with Gasteiger partial charge in [-0.05, 0) is 55.0 Å². The number of carbonyl (C=O) groups excluding carboxylic acids is 2. The second-order valence-corrected chi connectivity index (χ2v) is 8.74. The first kappa shape index (κ1) is 22.6. The summed E-state index contributed by atoms with van der Waals surface area (Å²) in [7, 11) is 1.61. The summed E-state index contributed by atoms with van der Waals surface area (Å²) in [4.78, 5) is 29.6. The molecule has 3 aromatic carbocycles. The molecular formula is C26H23N3O3S. The molecule has 2 amide bonds. The van der Waals surface area contributed by atoms with E-state index < -0.39 is 0 Å². The lowest BCUT2D eigenvalue weighted by Gasteiger charge is -2.23. The van der Waals surface area contributed by atoms with Crippen molar-refractivity contribution in [3.05, 3.63) is 83.4 Å². The normalized spacial score (nSPS) is 13.4. The molecule has 0 aliphatic carbocycles. The molecule has 1 atom stereocenters. The predicted octanol–water partition coefficient (Wildman–Crippen LogP) is 5.32. The highest BCUT2D eigenvalue weighted by Crippen LogP contribution is 2.42. The molecule has 0 radical (unpaired) electrons. The number of rotatable bonds is 6. The van der Waals surface area contributed by atoms with Crippen LogP contribution >= 0.6 is 11.8 Å². The van der Waals surface area contributed by atoms with Gasteiger partial charge in [0, 0.05) is 34.7 Å². The molecule has 0 aromatic heterocycles. The zero-order valence-electron chi connectivity index (χ0n) is 18.4. The number of hydrogen-bond donors (Lipinski definition) is 1. The Balaban J connectivity index is 1.65. The monoisotopic (exact) mass is 457 g/mol. The summed E-state index contributed by atoms with van der Waals surface area (Å²) in [6.07, 6.45) is 0. The van der Waals surface area contributed by atoms with E-state index in [9.17, 15) is 9.59 Å². The lowest BCUT2D eigenvalue weighted by molar-refractivity contribution is 0.0972. The lowest BCUT2D eigenvalue weighted by Crippen LogP contribution is -2.33. The minimum atomic E-state index is -0.294. The number of amides is 2. The molecule has 4 rings (SSSR count). The molecule has 1 unspecified atom stereocenters. The smallest absolute Gasteiger partial charge is 0.259 e. The summed E-state index contributed by atoms with van der Waals surface area (Å²) in [5.74, 6) is -0.625. The van der Waals surface area contributed by atoms with Crippen molar-refractivity contribution in [3.63, 3.8) is 0 Å². The van der Waals surface area contributed by atoms with Gasteiger partial charge >= 0.3 is 0 Å². The molecule has 0 saturated carbocycles. The first-order chi connectivity index (χ1) is 16.0. The number of nitriles is 1. The average molecular weight is 458 g/mol. The molecule has 166 valence electrons. The molecule has 33 heavy (non-hydrogen) atoms. The summed E-state index contributed by atoms with van der Waals surface area (Å²) in [6.45, 7) is 2.63. The molecule has 0 saturated heterocycles. The van der Waals surface area contributed by atoms with Gasteiger partial charge in [-0.2, -0.15) is 5.26 Å². The summed E-state index contributed by atoms with van der Waals surface area (Å²) in [5.41, 5.74) is 3.33. The highest BCUT2D eigenvalue weighted by atomic mass is 32.2. The van der Waals surface area contributed by atoms with Gasteiger partial charge in [0.05, 0.1) is 29.8 Å². The van der Waals surface area contributed by atoms with Gasteiger partial charge in [0.25, 0.3) is 11.8 Å². The quantitative estimate of drug-likeness (QED) is 0.541. The number of nitrogens with zero attached hydrogens (tertiary/aromatic N) is 2. The molecule has 1 heterocycles. The minimum absolute atomic E-state index is 0.0749. The number of fused-ring (bicyclic) bond motifs is 2. The van der Waals surface area contributed by atoms with Crippen LogP contribution < -0.4 is 10.2 Å². The van der Waals surface area contributed by atoms with Crippen LogP contribution in [0.5, 0.6) is 0 Å². The zero-order valence-corrected chi connectivity index (χ0v) is 19.2. The van der Waals surface area contributed by atoms with Crippen LogP contribution in [-0.4, -0.2) is 32.1 Å². The minimum Gasteiger partial charge on any atom is -0.383 e. The van der Waals surface area contributed by atoms with Crippen LogP contribution in [0.2, 0.25) is 0 Å². The van der Waals surface area contributed by atoms with Gasteiger partial charge < -0.3 is 15.0 Å². The fourth-order valence-electron chi connectivity index (χ4n) is 3.63. The van der Waals surface area contributed by atoms with Crippen molar-refractivity contribution >= 4 is 35.0 Å². The van der Waals surface area contributed by atoms with E-state index in [4.69, 9.17) is 10.00 Å². The van der Waals surface area contributed by atoms with Crippen LogP contribution in [0, 0.1) is 11.3 Å². The second-order valence-electron chi connectivity index (χ2n) is 7.66. The Kier molecular flexibility index (Phi) is 6.78. The Morgan fingerprint density at radius 2 is 1.94 bits per heavy atom. The van der Waals surface area contributed by atoms with Crippen molar-refractivity contribution in [2.45, 2.75) is 22.6 Å². The Morgan fingerprint density at radius 3 is 2.73 bits per heavy atom. The Labute approximate surface area is 197 Å². The maximum atomic E-state index is 13.2. The van der Waals surface area contributed by atoms with E-state index in [2.05, 4.69) is 11.4 Å². The van der Waals surface area contributed by atoms with Crippen LogP contribution in [0.3, 0.4) is 0 Å².